The van der Waals surface area contributed by atoms with Crippen LogP contribution in [0.4, 0.5) is 10.1 Å². The molecule has 1 aromatic rings. The summed E-state index contributed by atoms with van der Waals surface area (Å²) in [5.41, 5.74) is 1.53. The van der Waals surface area contributed by atoms with Gasteiger partial charge in [-0.1, -0.05) is 13.8 Å². The largest absolute Gasteiger partial charge is 0.388 e. The molecule has 0 fully saturated rings. The van der Waals surface area contributed by atoms with Crippen LogP contribution in [-0.2, 0) is 0 Å². The van der Waals surface area contributed by atoms with Gasteiger partial charge in [0.05, 0.1) is 6.10 Å². The summed E-state index contributed by atoms with van der Waals surface area (Å²) in [5, 5.41) is 13.2. The molecule has 2 N–H and O–H groups in total. The molecule has 2 rings (SSSR count). The second-order valence-electron chi connectivity index (χ2n) is 4.48. The van der Waals surface area contributed by atoms with Crippen molar-refractivity contribution in [3.05, 3.63) is 29.6 Å². The fourth-order valence-corrected chi connectivity index (χ4v) is 2.01. The molecule has 0 aliphatic carbocycles. The van der Waals surface area contributed by atoms with E-state index >= 15 is 0 Å². The van der Waals surface area contributed by atoms with Crippen LogP contribution in [0, 0.1) is 11.7 Å². The highest BCUT2D eigenvalue weighted by atomic mass is 19.1. The Morgan fingerprint density at radius 2 is 2.20 bits per heavy atom. The third kappa shape index (κ3) is 1.97. The summed E-state index contributed by atoms with van der Waals surface area (Å²) in [7, 11) is 0. The normalized spacial score (nSPS) is 24.9. The van der Waals surface area contributed by atoms with Gasteiger partial charge in [0.2, 0.25) is 0 Å². The van der Waals surface area contributed by atoms with Crippen LogP contribution in [0.25, 0.3) is 0 Å². The first-order chi connectivity index (χ1) is 7.08. The Balaban J connectivity index is 2.32. The van der Waals surface area contributed by atoms with Gasteiger partial charge in [-0.25, -0.2) is 4.39 Å². The highest BCUT2D eigenvalue weighted by molar-refractivity contribution is 5.55. The monoisotopic (exact) mass is 209 g/mol. The van der Waals surface area contributed by atoms with Gasteiger partial charge >= 0.3 is 0 Å². The second-order valence-corrected chi connectivity index (χ2v) is 4.48. The molecule has 82 valence electrons. The van der Waals surface area contributed by atoms with Crippen molar-refractivity contribution < 1.29 is 9.50 Å². The average molecular weight is 209 g/mol. The van der Waals surface area contributed by atoms with E-state index in [9.17, 15) is 9.50 Å². The lowest BCUT2D eigenvalue weighted by Crippen LogP contribution is -2.32. The van der Waals surface area contributed by atoms with Gasteiger partial charge in [-0.05, 0) is 30.5 Å². The van der Waals surface area contributed by atoms with E-state index in [1.165, 1.54) is 12.1 Å². The maximum absolute atomic E-state index is 13.0. The minimum Gasteiger partial charge on any atom is -0.388 e. The van der Waals surface area contributed by atoms with E-state index in [-0.39, 0.29) is 11.9 Å². The van der Waals surface area contributed by atoms with Crippen LogP contribution in [0.1, 0.15) is 31.9 Å². The van der Waals surface area contributed by atoms with Crippen molar-refractivity contribution >= 4 is 5.69 Å². The van der Waals surface area contributed by atoms with Gasteiger partial charge < -0.3 is 10.4 Å². The lowest BCUT2D eigenvalue weighted by atomic mass is 9.89. The van der Waals surface area contributed by atoms with Gasteiger partial charge in [-0.3, -0.25) is 0 Å². The lowest BCUT2D eigenvalue weighted by molar-refractivity contribution is 0.148. The third-order valence-electron chi connectivity index (χ3n) is 3.00. The highest BCUT2D eigenvalue weighted by Crippen LogP contribution is 2.34. The van der Waals surface area contributed by atoms with Gasteiger partial charge in [0.1, 0.15) is 5.82 Å². The van der Waals surface area contributed by atoms with Crippen molar-refractivity contribution in [1.82, 2.24) is 0 Å². The van der Waals surface area contributed by atoms with Crippen LogP contribution in [-0.4, -0.2) is 11.1 Å². The fourth-order valence-electron chi connectivity index (χ4n) is 2.01. The van der Waals surface area contributed by atoms with Gasteiger partial charge in [-0.2, -0.15) is 0 Å². The number of anilines is 1. The first kappa shape index (κ1) is 10.4. The average Bonchev–Trinajstić information content (AvgIpc) is 2.18. The first-order valence-electron chi connectivity index (χ1n) is 5.32. The van der Waals surface area contributed by atoms with E-state index in [1.54, 1.807) is 6.07 Å². The predicted molar refractivity (Wildman–Crippen MR) is 58.2 cm³/mol. The topological polar surface area (TPSA) is 32.3 Å². The number of aliphatic hydroxyl groups excluding tert-OH is 1. The Morgan fingerprint density at radius 3 is 2.87 bits per heavy atom. The lowest BCUT2D eigenvalue weighted by Gasteiger charge is -2.33. The zero-order valence-electron chi connectivity index (χ0n) is 9.00. The molecule has 2 atom stereocenters. The Kier molecular flexibility index (Phi) is 2.65. The summed E-state index contributed by atoms with van der Waals surface area (Å²) in [6.45, 7) is 4.22. The van der Waals surface area contributed by atoms with Crippen molar-refractivity contribution in [2.45, 2.75) is 32.4 Å². The van der Waals surface area contributed by atoms with Gasteiger partial charge in [-0.15, -0.1) is 0 Å². The Labute approximate surface area is 89.1 Å². The van der Waals surface area contributed by atoms with Gasteiger partial charge in [0, 0.05) is 17.3 Å². The number of rotatable bonds is 1. The molecule has 3 heteroatoms. The van der Waals surface area contributed by atoms with Gasteiger partial charge in [0.15, 0.2) is 0 Å². The highest BCUT2D eigenvalue weighted by Gasteiger charge is 2.26. The predicted octanol–water partition coefficient (Wildman–Crippen LogP) is 2.70. The minimum atomic E-state index is -0.552. The molecule has 0 radical (unpaired) electrons. The van der Waals surface area contributed by atoms with Crippen LogP contribution in [0.5, 0.6) is 0 Å². The molecule has 1 aliphatic heterocycles. The molecular formula is C12H16FNO. The molecule has 0 saturated carbocycles. The molecule has 0 amide bonds. The van der Waals surface area contributed by atoms with Crippen LogP contribution >= 0.6 is 0 Å². The molecule has 2 unspecified atom stereocenters. The first-order valence-corrected chi connectivity index (χ1v) is 5.32. The Morgan fingerprint density at radius 1 is 1.47 bits per heavy atom. The summed E-state index contributed by atoms with van der Waals surface area (Å²) >= 11 is 0. The van der Waals surface area contributed by atoms with Crippen LogP contribution in [0.3, 0.4) is 0 Å². The number of fused-ring (bicyclic) bond motifs is 1. The number of halogens is 1. The molecule has 15 heavy (non-hydrogen) atoms. The maximum atomic E-state index is 13.0. The van der Waals surface area contributed by atoms with Crippen molar-refractivity contribution in [3.63, 3.8) is 0 Å². The van der Waals surface area contributed by atoms with E-state index in [1.807, 2.05) is 0 Å². The molecule has 1 aromatic carbocycles. The van der Waals surface area contributed by atoms with E-state index in [0.717, 1.165) is 5.69 Å². The van der Waals surface area contributed by atoms with Crippen molar-refractivity contribution in [2.24, 2.45) is 5.92 Å². The number of aliphatic hydroxyl groups is 1. The molecular weight excluding hydrogens is 193 g/mol. The molecule has 0 spiro atoms. The van der Waals surface area contributed by atoms with Crippen LogP contribution < -0.4 is 5.32 Å². The minimum absolute atomic E-state index is 0.262. The quantitative estimate of drug-likeness (QED) is 0.745. The summed E-state index contributed by atoms with van der Waals surface area (Å²) in [6, 6.07) is 4.78. The zero-order valence-corrected chi connectivity index (χ0v) is 9.00. The smallest absolute Gasteiger partial charge is 0.123 e. The fraction of sp³-hybridized carbons (Fsp3) is 0.500. The van der Waals surface area contributed by atoms with E-state index in [4.69, 9.17) is 0 Å². The summed E-state index contributed by atoms with van der Waals surface area (Å²) in [5.74, 6) is 0.162. The molecule has 2 nitrogen and oxygen atoms in total. The van der Waals surface area contributed by atoms with E-state index in [0.29, 0.717) is 17.9 Å². The summed E-state index contributed by atoms with van der Waals surface area (Å²) in [4.78, 5) is 0. The zero-order chi connectivity index (χ0) is 11.0. The molecule has 1 aliphatic rings. The molecule has 0 bridgehead atoms. The Hall–Kier alpha value is -1.09. The van der Waals surface area contributed by atoms with Crippen molar-refractivity contribution in [2.75, 3.05) is 5.32 Å². The SMILES string of the molecule is CC(C)C1CC(O)c2cc(F)ccc2N1. The number of nitrogens with one attached hydrogen (secondary N) is 1. The number of hydrogen-bond acceptors (Lipinski definition) is 2. The van der Waals surface area contributed by atoms with E-state index < -0.39 is 6.10 Å². The van der Waals surface area contributed by atoms with Crippen LogP contribution in [0.2, 0.25) is 0 Å². The third-order valence-corrected chi connectivity index (χ3v) is 3.00. The molecule has 1 heterocycles. The van der Waals surface area contributed by atoms with Crippen molar-refractivity contribution in [1.29, 1.82) is 0 Å². The maximum Gasteiger partial charge on any atom is 0.123 e. The molecule has 0 aromatic heterocycles. The van der Waals surface area contributed by atoms with E-state index in [2.05, 4.69) is 19.2 Å². The Bertz CT molecular complexity index is 365. The van der Waals surface area contributed by atoms with Crippen molar-refractivity contribution in [3.8, 4) is 0 Å². The second kappa shape index (κ2) is 3.81. The van der Waals surface area contributed by atoms with Crippen LogP contribution in [0.15, 0.2) is 18.2 Å². The molecule has 0 saturated heterocycles. The standard InChI is InChI=1S/C12H16FNO/c1-7(2)11-6-12(15)9-5-8(13)3-4-10(9)14-11/h3-5,7,11-12,14-15H,6H2,1-2H3. The number of hydrogen-bond donors (Lipinski definition) is 2. The number of benzene rings is 1. The summed E-state index contributed by atoms with van der Waals surface area (Å²) in [6.07, 6.45) is 0.0954. The van der Waals surface area contributed by atoms with Gasteiger partial charge in [0.25, 0.3) is 0 Å². The summed E-state index contributed by atoms with van der Waals surface area (Å²) < 4.78 is 13.0.